The molecule has 8 nitrogen and oxygen atoms in total. The van der Waals surface area contributed by atoms with Gasteiger partial charge in [0.15, 0.2) is 5.82 Å². The molecule has 0 bridgehead atoms. The first kappa shape index (κ1) is 22.0. The highest BCUT2D eigenvalue weighted by Gasteiger charge is 2.36. The van der Waals surface area contributed by atoms with Gasteiger partial charge in [-0.3, -0.25) is 9.78 Å². The number of carbonyl (C=O) groups excluding carboxylic acids is 1. The highest BCUT2D eigenvalue weighted by molar-refractivity contribution is 14.1. The summed E-state index contributed by atoms with van der Waals surface area (Å²) < 4.78 is 16.2. The molecule has 0 spiro atoms. The Balaban J connectivity index is 1.73. The van der Waals surface area contributed by atoms with Gasteiger partial charge in [-0.2, -0.15) is 5.10 Å². The average Bonchev–Trinajstić information content (AvgIpc) is 3.33. The second-order valence-electron chi connectivity index (χ2n) is 7.78. The molecule has 3 aromatic heterocycles. The molecular weight excluding hydrogens is 531 g/mol. The monoisotopic (exact) mass is 553 g/mol. The fraction of sp³-hybridized carbons (Fsp3) is 0.350. The lowest BCUT2D eigenvalue weighted by Crippen LogP contribution is -2.27. The molecule has 1 amide bonds. The number of carbonyl (C=O) groups is 1. The lowest BCUT2D eigenvalue weighted by atomic mass is 10.1. The maximum Gasteiger partial charge on any atom is 0.257 e. The van der Waals surface area contributed by atoms with Crippen LogP contribution in [0.3, 0.4) is 0 Å². The van der Waals surface area contributed by atoms with Crippen LogP contribution in [0.1, 0.15) is 42.2 Å². The molecule has 11 heteroatoms. The standard InChI is InChI=1S/C20H22FIN7OP/c1-12(2)14-4-3-13(9-23-14)19(30)27-17-16(15-5-7-26-29(15)22)24-11-25-18(17)28-8-6-20(21,31)10-28/h3-5,7,9,11-12H,6,8,10,31H2,1-2H3,(H,27,30). The molecule has 162 valence electrons. The second kappa shape index (κ2) is 8.74. The summed E-state index contributed by atoms with van der Waals surface area (Å²) in [5, 5.41) is 5.74. The molecule has 1 aliphatic heterocycles. The van der Waals surface area contributed by atoms with Crippen LogP contribution >= 0.6 is 32.1 Å². The zero-order chi connectivity index (χ0) is 22.2. The van der Waals surface area contributed by atoms with Crippen molar-refractivity contribution in [1.82, 2.24) is 22.9 Å². The summed E-state index contributed by atoms with van der Waals surface area (Å²) in [6.45, 7) is 4.72. The third-order valence-electron chi connectivity index (χ3n) is 5.10. The van der Waals surface area contributed by atoms with Gasteiger partial charge in [-0.25, -0.2) is 17.3 Å². The van der Waals surface area contributed by atoms with E-state index in [1.54, 1.807) is 27.4 Å². The molecule has 1 aliphatic rings. The van der Waals surface area contributed by atoms with Gasteiger partial charge in [0.1, 0.15) is 28.8 Å². The van der Waals surface area contributed by atoms with Crippen LogP contribution in [0.25, 0.3) is 11.4 Å². The summed E-state index contributed by atoms with van der Waals surface area (Å²) in [5.74, 6) is 0.408. The van der Waals surface area contributed by atoms with Crippen LogP contribution < -0.4 is 10.2 Å². The highest BCUT2D eigenvalue weighted by atomic mass is 127. The molecular formula is C20H22FIN7OP. The SMILES string of the molecule is CC(C)c1ccc(C(=O)Nc2c(-c3ccnn3I)ncnc2N2CCC(F)(P)C2)cn1. The molecule has 4 heterocycles. The molecule has 2 atom stereocenters. The third-order valence-corrected chi connectivity index (χ3v) is 6.34. The molecule has 0 radical (unpaired) electrons. The van der Waals surface area contributed by atoms with Crippen molar-refractivity contribution < 1.29 is 9.18 Å². The Hall–Kier alpha value is -2.20. The van der Waals surface area contributed by atoms with E-state index >= 15 is 0 Å². The van der Waals surface area contributed by atoms with E-state index in [0.29, 0.717) is 41.4 Å². The molecule has 3 aromatic rings. The Kier molecular flexibility index (Phi) is 6.20. The van der Waals surface area contributed by atoms with Crippen molar-refractivity contribution in [2.24, 2.45) is 0 Å². The van der Waals surface area contributed by atoms with E-state index in [0.717, 1.165) is 5.69 Å². The topological polar surface area (TPSA) is 88.8 Å². The summed E-state index contributed by atoms with van der Waals surface area (Å²) in [6.07, 6.45) is 4.98. The van der Waals surface area contributed by atoms with Gasteiger partial charge in [0.05, 0.1) is 41.2 Å². The van der Waals surface area contributed by atoms with Crippen LogP contribution in [0, 0.1) is 0 Å². The Morgan fingerprint density at radius 2 is 2.10 bits per heavy atom. The molecule has 31 heavy (non-hydrogen) atoms. The first-order valence-electron chi connectivity index (χ1n) is 9.81. The van der Waals surface area contributed by atoms with Crippen LogP contribution in [0.15, 0.2) is 36.9 Å². The number of aromatic nitrogens is 5. The predicted octanol–water partition coefficient (Wildman–Crippen LogP) is 4.06. The van der Waals surface area contributed by atoms with Crippen LogP contribution in [0.4, 0.5) is 15.9 Å². The van der Waals surface area contributed by atoms with Crippen molar-refractivity contribution in [2.45, 2.75) is 31.6 Å². The molecule has 0 aromatic carbocycles. The van der Waals surface area contributed by atoms with Crippen molar-refractivity contribution in [1.29, 1.82) is 0 Å². The van der Waals surface area contributed by atoms with Crippen LogP contribution in [0.5, 0.6) is 0 Å². The summed E-state index contributed by atoms with van der Waals surface area (Å²) >= 11 is 2.04. The number of hydrogen-bond donors (Lipinski definition) is 1. The van der Waals surface area contributed by atoms with E-state index in [1.807, 2.05) is 47.7 Å². The number of nitrogens with zero attached hydrogens (tertiary/aromatic N) is 6. The molecule has 0 saturated carbocycles. The maximum absolute atomic E-state index is 14.5. The lowest BCUT2D eigenvalue weighted by molar-refractivity contribution is 0.102. The molecule has 2 unspecified atom stereocenters. The van der Waals surface area contributed by atoms with Crippen LogP contribution in [-0.4, -0.2) is 47.4 Å². The number of amides is 1. The van der Waals surface area contributed by atoms with E-state index in [9.17, 15) is 9.18 Å². The summed E-state index contributed by atoms with van der Waals surface area (Å²) in [7, 11) is 2.26. The largest absolute Gasteiger partial charge is 0.351 e. The Bertz CT molecular complexity index is 1100. The van der Waals surface area contributed by atoms with E-state index in [2.05, 4.69) is 34.6 Å². The Morgan fingerprint density at radius 3 is 2.68 bits per heavy atom. The van der Waals surface area contributed by atoms with E-state index in [-0.39, 0.29) is 18.4 Å². The van der Waals surface area contributed by atoms with Gasteiger partial charge >= 0.3 is 0 Å². The van der Waals surface area contributed by atoms with E-state index in [4.69, 9.17) is 0 Å². The van der Waals surface area contributed by atoms with Gasteiger partial charge in [-0.1, -0.05) is 23.1 Å². The fourth-order valence-electron chi connectivity index (χ4n) is 3.42. The molecule has 1 N–H and O–H groups in total. The number of pyridine rings is 1. The smallest absolute Gasteiger partial charge is 0.257 e. The zero-order valence-electron chi connectivity index (χ0n) is 17.1. The molecule has 4 rings (SSSR count). The van der Waals surface area contributed by atoms with Gasteiger partial charge in [-0.05, 0) is 24.1 Å². The number of rotatable bonds is 5. The Labute approximate surface area is 195 Å². The van der Waals surface area contributed by atoms with Gasteiger partial charge in [0, 0.05) is 24.9 Å². The number of anilines is 2. The average molecular weight is 553 g/mol. The first-order valence-corrected chi connectivity index (χ1v) is 11.3. The van der Waals surface area contributed by atoms with Crippen molar-refractivity contribution >= 4 is 49.5 Å². The molecule has 1 fully saturated rings. The van der Waals surface area contributed by atoms with Gasteiger partial charge < -0.3 is 10.2 Å². The second-order valence-corrected chi connectivity index (χ2v) is 9.73. The van der Waals surface area contributed by atoms with Gasteiger partial charge in [-0.15, -0.1) is 0 Å². The summed E-state index contributed by atoms with van der Waals surface area (Å²) in [4.78, 5) is 28.1. The number of alkyl halides is 1. The molecule has 0 aliphatic carbocycles. The van der Waals surface area contributed by atoms with Gasteiger partial charge in [0.2, 0.25) is 0 Å². The summed E-state index contributed by atoms with van der Waals surface area (Å²) in [5.41, 5.74) is 2.95. The molecule has 1 saturated heterocycles. The van der Waals surface area contributed by atoms with E-state index in [1.165, 1.54) is 6.33 Å². The maximum atomic E-state index is 14.5. The summed E-state index contributed by atoms with van der Waals surface area (Å²) in [6, 6.07) is 5.38. The van der Waals surface area contributed by atoms with Crippen LogP contribution in [-0.2, 0) is 0 Å². The lowest BCUT2D eigenvalue weighted by Gasteiger charge is -2.22. The third kappa shape index (κ3) is 4.69. The number of nitrogens with one attached hydrogen (secondary N) is 1. The fourth-order valence-corrected chi connectivity index (χ4v) is 4.30. The zero-order valence-corrected chi connectivity index (χ0v) is 20.4. The quantitative estimate of drug-likeness (QED) is 0.379. The minimum Gasteiger partial charge on any atom is -0.351 e. The highest BCUT2D eigenvalue weighted by Crippen LogP contribution is 2.39. The van der Waals surface area contributed by atoms with Crippen molar-refractivity contribution in [3.05, 3.63) is 48.2 Å². The minimum absolute atomic E-state index is 0.158. The first-order chi connectivity index (χ1) is 14.7. The van der Waals surface area contributed by atoms with E-state index < -0.39 is 5.41 Å². The minimum atomic E-state index is -1.39. The van der Waals surface area contributed by atoms with Crippen molar-refractivity contribution in [2.75, 3.05) is 23.3 Å². The normalized spacial score (nSPS) is 18.6. The number of halogens is 2. The Morgan fingerprint density at radius 1 is 1.29 bits per heavy atom. The van der Waals surface area contributed by atoms with Crippen molar-refractivity contribution in [3.8, 4) is 11.4 Å². The van der Waals surface area contributed by atoms with Gasteiger partial charge in [0.25, 0.3) is 5.91 Å². The number of hydrogen-bond acceptors (Lipinski definition) is 6. The predicted molar refractivity (Wildman–Crippen MR) is 129 cm³/mol. The van der Waals surface area contributed by atoms with Crippen LogP contribution in [0.2, 0.25) is 0 Å². The van der Waals surface area contributed by atoms with Crippen molar-refractivity contribution in [3.63, 3.8) is 0 Å².